The van der Waals surface area contributed by atoms with Gasteiger partial charge in [-0.25, -0.2) is 0 Å². The minimum atomic E-state index is -0.103. The van der Waals surface area contributed by atoms with E-state index < -0.39 is 0 Å². The summed E-state index contributed by atoms with van der Waals surface area (Å²) in [6, 6.07) is 6.34. The van der Waals surface area contributed by atoms with Crippen molar-refractivity contribution in [1.29, 1.82) is 0 Å². The van der Waals surface area contributed by atoms with Gasteiger partial charge < -0.3 is 20.2 Å². The van der Waals surface area contributed by atoms with E-state index in [-0.39, 0.29) is 30.0 Å². The number of amides is 2. The Kier molecular flexibility index (Phi) is 7.14. The number of aromatic hydroxyl groups is 1. The molecule has 2 rings (SSSR count). The molecule has 2 amide bonds. The van der Waals surface area contributed by atoms with Crippen LogP contribution >= 0.6 is 12.4 Å². The Balaban J connectivity index is 0.00000242. The fourth-order valence-electron chi connectivity index (χ4n) is 2.37. The number of carbonyl (C=O) groups excluding carboxylic acids is 2. The molecule has 122 valence electrons. The molecule has 0 radical (unpaired) electrons. The maximum atomic E-state index is 12.3. The molecule has 22 heavy (non-hydrogen) atoms. The quantitative estimate of drug-likeness (QED) is 0.854. The fraction of sp³-hybridized carbons (Fsp3) is 0.467. The second kappa shape index (κ2) is 8.60. The first-order valence-corrected chi connectivity index (χ1v) is 7.12. The van der Waals surface area contributed by atoms with Gasteiger partial charge in [0.1, 0.15) is 5.75 Å². The standard InChI is InChI=1S/C15H21N3O3.ClH/c1-16-6-5-14(20)17-7-9-18(10-8-17)15(21)12-3-2-4-13(19)11-12;/h2-4,11,16,19H,5-10H2,1H3;1H. The maximum absolute atomic E-state index is 12.3. The van der Waals surface area contributed by atoms with E-state index in [1.54, 1.807) is 21.9 Å². The molecule has 0 spiro atoms. The summed E-state index contributed by atoms with van der Waals surface area (Å²) < 4.78 is 0. The molecule has 0 atom stereocenters. The first-order chi connectivity index (χ1) is 10.1. The molecule has 1 heterocycles. The van der Waals surface area contributed by atoms with Gasteiger partial charge in [-0.1, -0.05) is 6.07 Å². The zero-order valence-corrected chi connectivity index (χ0v) is 13.4. The van der Waals surface area contributed by atoms with Crippen LogP contribution in [-0.4, -0.2) is 66.5 Å². The summed E-state index contributed by atoms with van der Waals surface area (Å²) in [5, 5.41) is 12.4. The Hall–Kier alpha value is -1.79. The van der Waals surface area contributed by atoms with Crippen LogP contribution in [0.2, 0.25) is 0 Å². The highest BCUT2D eigenvalue weighted by Crippen LogP contribution is 2.14. The third-order valence-electron chi connectivity index (χ3n) is 3.60. The van der Waals surface area contributed by atoms with Gasteiger partial charge in [0.05, 0.1) is 0 Å². The van der Waals surface area contributed by atoms with Crippen molar-refractivity contribution in [2.24, 2.45) is 0 Å². The van der Waals surface area contributed by atoms with Crippen LogP contribution in [0.15, 0.2) is 24.3 Å². The minimum absolute atomic E-state index is 0. The number of phenols is 1. The normalized spacial score (nSPS) is 14.4. The van der Waals surface area contributed by atoms with Crippen molar-refractivity contribution < 1.29 is 14.7 Å². The SMILES string of the molecule is CNCCC(=O)N1CCN(C(=O)c2cccc(O)c2)CC1.Cl. The predicted molar refractivity (Wildman–Crippen MR) is 86.4 cm³/mol. The molecule has 1 saturated heterocycles. The van der Waals surface area contributed by atoms with E-state index in [9.17, 15) is 14.7 Å². The molecule has 1 aromatic carbocycles. The molecular weight excluding hydrogens is 306 g/mol. The zero-order valence-electron chi connectivity index (χ0n) is 12.6. The van der Waals surface area contributed by atoms with Crippen LogP contribution < -0.4 is 5.32 Å². The summed E-state index contributed by atoms with van der Waals surface area (Å²) in [5.74, 6) is 0.101. The second-order valence-electron chi connectivity index (χ2n) is 5.08. The number of phenolic OH excluding ortho intramolecular Hbond substituents is 1. The molecule has 0 aromatic heterocycles. The minimum Gasteiger partial charge on any atom is -0.508 e. The summed E-state index contributed by atoms with van der Waals surface area (Å²) in [4.78, 5) is 27.7. The molecule has 0 aliphatic carbocycles. The van der Waals surface area contributed by atoms with Crippen LogP contribution in [0.1, 0.15) is 16.8 Å². The van der Waals surface area contributed by atoms with Crippen molar-refractivity contribution in [1.82, 2.24) is 15.1 Å². The first-order valence-electron chi connectivity index (χ1n) is 7.12. The van der Waals surface area contributed by atoms with Crippen LogP contribution in [0.5, 0.6) is 5.75 Å². The molecule has 0 saturated carbocycles. The lowest BCUT2D eigenvalue weighted by atomic mass is 10.1. The zero-order chi connectivity index (χ0) is 15.2. The van der Waals surface area contributed by atoms with Crippen LogP contribution in [0.4, 0.5) is 0 Å². The number of hydrogen-bond donors (Lipinski definition) is 2. The van der Waals surface area contributed by atoms with Gasteiger partial charge in [0.2, 0.25) is 5.91 Å². The van der Waals surface area contributed by atoms with Gasteiger partial charge in [-0.05, 0) is 25.2 Å². The highest BCUT2D eigenvalue weighted by molar-refractivity contribution is 5.94. The predicted octanol–water partition coefficient (Wildman–Crippen LogP) is 0.708. The summed E-state index contributed by atoms with van der Waals surface area (Å²) in [6.45, 7) is 2.85. The van der Waals surface area contributed by atoms with Crippen molar-refractivity contribution in [2.45, 2.75) is 6.42 Å². The number of rotatable bonds is 4. The molecule has 1 fully saturated rings. The number of benzene rings is 1. The summed E-state index contributed by atoms with van der Waals surface area (Å²) in [6.07, 6.45) is 0.483. The van der Waals surface area contributed by atoms with E-state index in [0.29, 0.717) is 44.7 Å². The lowest BCUT2D eigenvalue weighted by Crippen LogP contribution is -2.50. The van der Waals surface area contributed by atoms with Gasteiger partial charge in [-0.3, -0.25) is 9.59 Å². The first kappa shape index (κ1) is 18.3. The van der Waals surface area contributed by atoms with E-state index in [1.165, 1.54) is 12.1 Å². The van der Waals surface area contributed by atoms with Crippen molar-refractivity contribution in [3.63, 3.8) is 0 Å². The molecule has 2 N–H and O–H groups in total. The molecular formula is C15H22ClN3O3. The number of piperazine rings is 1. The van der Waals surface area contributed by atoms with E-state index >= 15 is 0 Å². The molecule has 1 aliphatic heterocycles. The number of nitrogens with zero attached hydrogens (tertiary/aromatic N) is 2. The lowest BCUT2D eigenvalue weighted by molar-refractivity contribution is -0.132. The van der Waals surface area contributed by atoms with Gasteiger partial charge in [-0.15, -0.1) is 12.4 Å². The monoisotopic (exact) mass is 327 g/mol. The Morgan fingerprint density at radius 2 is 1.82 bits per heavy atom. The number of carbonyl (C=O) groups is 2. The number of hydrogen-bond acceptors (Lipinski definition) is 4. The van der Waals surface area contributed by atoms with E-state index in [0.717, 1.165) is 0 Å². The highest BCUT2D eigenvalue weighted by Gasteiger charge is 2.24. The Morgan fingerprint density at radius 1 is 1.18 bits per heavy atom. The summed E-state index contributed by atoms with van der Waals surface area (Å²) in [7, 11) is 1.82. The molecule has 0 unspecified atom stereocenters. The fourth-order valence-corrected chi connectivity index (χ4v) is 2.37. The van der Waals surface area contributed by atoms with Crippen LogP contribution in [-0.2, 0) is 4.79 Å². The molecule has 1 aromatic rings. The topological polar surface area (TPSA) is 72.9 Å². The smallest absolute Gasteiger partial charge is 0.254 e. The lowest BCUT2D eigenvalue weighted by Gasteiger charge is -2.35. The van der Waals surface area contributed by atoms with Crippen LogP contribution in [0, 0.1) is 0 Å². The summed E-state index contributed by atoms with van der Waals surface area (Å²) in [5.41, 5.74) is 0.477. The molecule has 1 aliphatic rings. The molecule has 6 nitrogen and oxygen atoms in total. The average molecular weight is 328 g/mol. The van der Waals surface area contributed by atoms with Crippen molar-refractivity contribution >= 4 is 24.2 Å². The molecule has 7 heteroatoms. The van der Waals surface area contributed by atoms with Gasteiger partial charge >= 0.3 is 0 Å². The van der Waals surface area contributed by atoms with E-state index in [1.807, 2.05) is 7.05 Å². The molecule has 0 bridgehead atoms. The largest absolute Gasteiger partial charge is 0.508 e. The van der Waals surface area contributed by atoms with Gasteiger partial charge in [0, 0.05) is 44.7 Å². The van der Waals surface area contributed by atoms with Crippen LogP contribution in [0.3, 0.4) is 0 Å². The average Bonchev–Trinajstić information content (AvgIpc) is 2.52. The van der Waals surface area contributed by atoms with E-state index in [2.05, 4.69) is 5.32 Å². The van der Waals surface area contributed by atoms with Gasteiger partial charge in [-0.2, -0.15) is 0 Å². The van der Waals surface area contributed by atoms with Gasteiger partial charge in [0.15, 0.2) is 0 Å². The van der Waals surface area contributed by atoms with Crippen LogP contribution in [0.25, 0.3) is 0 Å². The third-order valence-corrected chi connectivity index (χ3v) is 3.60. The number of halogens is 1. The third kappa shape index (κ3) is 4.61. The second-order valence-corrected chi connectivity index (χ2v) is 5.08. The Labute approximate surface area is 136 Å². The number of nitrogens with one attached hydrogen (secondary N) is 1. The van der Waals surface area contributed by atoms with E-state index in [4.69, 9.17) is 0 Å². The van der Waals surface area contributed by atoms with Crippen molar-refractivity contribution in [3.8, 4) is 5.75 Å². The highest BCUT2D eigenvalue weighted by atomic mass is 35.5. The summed E-state index contributed by atoms with van der Waals surface area (Å²) >= 11 is 0. The Bertz CT molecular complexity index is 517. The van der Waals surface area contributed by atoms with Gasteiger partial charge in [0.25, 0.3) is 5.91 Å². The Morgan fingerprint density at radius 3 is 2.41 bits per heavy atom. The van der Waals surface area contributed by atoms with Crippen molar-refractivity contribution in [2.75, 3.05) is 39.8 Å². The maximum Gasteiger partial charge on any atom is 0.254 e. The van der Waals surface area contributed by atoms with Crippen molar-refractivity contribution in [3.05, 3.63) is 29.8 Å².